The van der Waals surface area contributed by atoms with Crippen molar-refractivity contribution in [3.8, 4) is 17.2 Å². The van der Waals surface area contributed by atoms with E-state index >= 15 is 0 Å². The first kappa shape index (κ1) is 21.1. The molecule has 0 bridgehead atoms. The van der Waals surface area contributed by atoms with Crippen LogP contribution in [0.2, 0.25) is 0 Å². The zero-order chi connectivity index (χ0) is 20.5. The number of benzene rings is 2. The number of nitrogens with one attached hydrogen (secondary N) is 2. The number of aryl methyl sites for hydroxylation is 2. The Bertz CT molecular complexity index is 815. The lowest BCUT2D eigenvalue weighted by Crippen LogP contribution is -2.43. The zero-order valence-corrected chi connectivity index (χ0v) is 16.6. The molecule has 0 aliphatic rings. The minimum Gasteiger partial charge on any atom is -0.490 e. The van der Waals surface area contributed by atoms with Gasteiger partial charge in [0.05, 0.1) is 13.2 Å². The van der Waals surface area contributed by atoms with Gasteiger partial charge in [0.2, 0.25) is 0 Å². The second-order valence-corrected chi connectivity index (χ2v) is 6.04. The van der Waals surface area contributed by atoms with Crippen LogP contribution in [0.15, 0.2) is 36.4 Å². The minimum absolute atomic E-state index is 0.209. The fourth-order valence-corrected chi connectivity index (χ4v) is 2.59. The van der Waals surface area contributed by atoms with E-state index in [1.165, 1.54) is 0 Å². The predicted molar refractivity (Wildman–Crippen MR) is 106 cm³/mol. The number of hydrogen-bond acceptors (Lipinski definition) is 5. The third kappa shape index (κ3) is 5.64. The molecule has 150 valence electrons. The second-order valence-electron chi connectivity index (χ2n) is 6.04. The van der Waals surface area contributed by atoms with Crippen molar-refractivity contribution in [3.05, 3.63) is 53.1 Å². The van der Waals surface area contributed by atoms with E-state index in [9.17, 15) is 9.59 Å². The van der Waals surface area contributed by atoms with E-state index < -0.39 is 11.8 Å². The van der Waals surface area contributed by atoms with E-state index in [-0.39, 0.29) is 6.61 Å². The van der Waals surface area contributed by atoms with Gasteiger partial charge >= 0.3 is 0 Å². The van der Waals surface area contributed by atoms with Crippen molar-refractivity contribution >= 4 is 11.8 Å². The number of ether oxygens (including phenoxy) is 3. The van der Waals surface area contributed by atoms with Crippen molar-refractivity contribution in [3.63, 3.8) is 0 Å². The van der Waals surface area contributed by atoms with Gasteiger partial charge < -0.3 is 14.2 Å². The maximum absolute atomic E-state index is 12.3. The first-order valence-electron chi connectivity index (χ1n) is 9.14. The lowest BCUT2D eigenvalue weighted by Gasteiger charge is -2.14. The van der Waals surface area contributed by atoms with E-state index in [1.54, 1.807) is 18.2 Å². The maximum Gasteiger partial charge on any atom is 0.276 e. The van der Waals surface area contributed by atoms with Gasteiger partial charge in [-0.1, -0.05) is 18.2 Å². The SMILES string of the molecule is CCOc1ccc(C(=O)NNC(=O)COc2c(C)cccc2C)cc1OCC. The Labute approximate surface area is 165 Å². The average Bonchev–Trinajstić information content (AvgIpc) is 2.67. The van der Waals surface area contributed by atoms with Crippen LogP contribution in [0.4, 0.5) is 0 Å². The standard InChI is InChI=1S/C21H26N2O5/c1-5-26-17-11-10-16(12-18(17)27-6-2)21(25)23-22-19(24)13-28-20-14(3)8-7-9-15(20)4/h7-12H,5-6,13H2,1-4H3,(H,22,24)(H,23,25). The third-order valence-electron chi connectivity index (χ3n) is 3.88. The first-order chi connectivity index (χ1) is 13.5. The molecule has 2 aromatic carbocycles. The van der Waals surface area contributed by atoms with E-state index in [1.807, 2.05) is 45.9 Å². The Morgan fingerprint density at radius 3 is 2.14 bits per heavy atom. The normalized spacial score (nSPS) is 10.1. The molecule has 0 saturated carbocycles. The van der Waals surface area contributed by atoms with Crippen LogP contribution < -0.4 is 25.1 Å². The summed E-state index contributed by atoms with van der Waals surface area (Å²) in [6.07, 6.45) is 0. The molecule has 0 fully saturated rings. The van der Waals surface area contributed by atoms with Gasteiger partial charge in [-0.25, -0.2) is 0 Å². The molecule has 0 atom stereocenters. The van der Waals surface area contributed by atoms with Gasteiger partial charge in [0, 0.05) is 5.56 Å². The largest absolute Gasteiger partial charge is 0.490 e. The minimum atomic E-state index is -0.468. The number of carbonyl (C=O) groups is 2. The van der Waals surface area contributed by atoms with Crippen molar-refractivity contribution in [1.29, 1.82) is 0 Å². The summed E-state index contributed by atoms with van der Waals surface area (Å²) < 4.78 is 16.5. The molecule has 7 heteroatoms. The van der Waals surface area contributed by atoms with Crippen LogP contribution in [-0.2, 0) is 4.79 Å². The number of para-hydroxylation sites is 1. The quantitative estimate of drug-likeness (QED) is 0.682. The molecule has 7 nitrogen and oxygen atoms in total. The second kappa shape index (κ2) is 10.2. The molecule has 2 rings (SSSR count). The molecule has 2 aromatic rings. The Morgan fingerprint density at radius 2 is 1.50 bits per heavy atom. The molecule has 0 unspecified atom stereocenters. The van der Waals surface area contributed by atoms with Crippen molar-refractivity contribution < 1.29 is 23.8 Å². The van der Waals surface area contributed by atoms with Gasteiger partial charge in [0.25, 0.3) is 11.8 Å². The molecule has 0 saturated heterocycles. The third-order valence-corrected chi connectivity index (χ3v) is 3.88. The highest BCUT2D eigenvalue weighted by molar-refractivity contribution is 5.96. The molecule has 28 heavy (non-hydrogen) atoms. The Hall–Kier alpha value is -3.22. The molecule has 0 aromatic heterocycles. The van der Waals surface area contributed by atoms with Gasteiger partial charge in [0.1, 0.15) is 5.75 Å². The van der Waals surface area contributed by atoms with Crippen molar-refractivity contribution in [2.75, 3.05) is 19.8 Å². The summed E-state index contributed by atoms with van der Waals surface area (Å²) in [4.78, 5) is 24.3. The monoisotopic (exact) mass is 386 g/mol. The molecular weight excluding hydrogens is 360 g/mol. The summed E-state index contributed by atoms with van der Waals surface area (Å²) in [7, 11) is 0. The fraction of sp³-hybridized carbons (Fsp3) is 0.333. The number of carbonyl (C=O) groups excluding carboxylic acids is 2. The van der Waals surface area contributed by atoms with E-state index in [0.717, 1.165) is 11.1 Å². The molecule has 0 spiro atoms. The smallest absolute Gasteiger partial charge is 0.276 e. The number of hydrogen-bond donors (Lipinski definition) is 2. The van der Waals surface area contributed by atoms with Crippen LogP contribution in [0.3, 0.4) is 0 Å². The molecule has 0 radical (unpaired) electrons. The average molecular weight is 386 g/mol. The number of rotatable bonds is 8. The topological polar surface area (TPSA) is 85.9 Å². The summed E-state index contributed by atoms with van der Waals surface area (Å²) in [5.41, 5.74) is 6.93. The Balaban J connectivity index is 1.92. The van der Waals surface area contributed by atoms with E-state index in [0.29, 0.717) is 36.0 Å². The lowest BCUT2D eigenvalue weighted by atomic mass is 10.1. The zero-order valence-electron chi connectivity index (χ0n) is 16.6. The number of amides is 2. The molecule has 0 heterocycles. The molecular formula is C21H26N2O5. The highest BCUT2D eigenvalue weighted by atomic mass is 16.5. The molecule has 0 aliphatic heterocycles. The van der Waals surface area contributed by atoms with E-state index in [4.69, 9.17) is 14.2 Å². The lowest BCUT2D eigenvalue weighted by molar-refractivity contribution is -0.123. The van der Waals surface area contributed by atoms with Crippen LogP contribution >= 0.6 is 0 Å². The predicted octanol–water partition coefficient (Wildman–Crippen LogP) is 2.94. The van der Waals surface area contributed by atoms with Gasteiger partial charge in [0.15, 0.2) is 18.1 Å². The maximum atomic E-state index is 12.3. The number of hydrazine groups is 1. The summed E-state index contributed by atoms with van der Waals surface area (Å²) in [5.74, 6) is 0.766. The van der Waals surface area contributed by atoms with Gasteiger partial charge in [-0.3, -0.25) is 20.4 Å². The van der Waals surface area contributed by atoms with Crippen molar-refractivity contribution in [1.82, 2.24) is 10.9 Å². The summed E-state index contributed by atoms with van der Waals surface area (Å²) >= 11 is 0. The Kier molecular flexibility index (Phi) is 7.68. The van der Waals surface area contributed by atoms with Crippen LogP contribution in [0.1, 0.15) is 35.3 Å². The van der Waals surface area contributed by atoms with Gasteiger partial charge in [-0.15, -0.1) is 0 Å². The highest BCUT2D eigenvalue weighted by Gasteiger charge is 2.13. The van der Waals surface area contributed by atoms with Crippen molar-refractivity contribution in [2.45, 2.75) is 27.7 Å². The summed E-state index contributed by atoms with van der Waals surface area (Å²) in [6.45, 7) is 8.25. The molecule has 0 aliphatic carbocycles. The van der Waals surface area contributed by atoms with Crippen LogP contribution in [0.25, 0.3) is 0 Å². The summed E-state index contributed by atoms with van der Waals surface area (Å²) in [5, 5.41) is 0. The van der Waals surface area contributed by atoms with Crippen molar-refractivity contribution in [2.24, 2.45) is 0 Å². The van der Waals surface area contributed by atoms with Gasteiger partial charge in [-0.2, -0.15) is 0 Å². The fourth-order valence-electron chi connectivity index (χ4n) is 2.59. The van der Waals surface area contributed by atoms with E-state index in [2.05, 4.69) is 10.9 Å². The van der Waals surface area contributed by atoms with Crippen LogP contribution in [0.5, 0.6) is 17.2 Å². The van der Waals surface area contributed by atoms with Gasteiger partial charge in [-0.05, 0) is 57.0 Å². The molecule has 2 N–H and O–H groups in total. The summed E-state index contributed by atoms with van der Waals surface area (Å²) in [6, 6.07) is 10.6. The Morgan fingerprint density at radius 1 is 0.857 bits per heavy atom. The van der Waals surface area contributed by atoms with Crippen LogP contribution in [-0.4, -0.2) is 31.6 Å². The highest BCUT2D eigenvalue weighted by Crippen LogP contribution is 2.28. The molecule has 2 amide bonds. The first-order valence-corrected chi connectivity index (χ1v) is 9.14. The van der Waals surface area contributed by atoms with Crippen LogP contribution in [0, 0.1) is 13.8 Å².